The topological polar surface area (TPSA) is 3.24 Å². The van der Waals surface area contributed by atoms with E-state index >= 15 is 0 Å². The molecule has 9 rings (SSSR count). The maximum Gasteiger partial charge on any atom is 0.0462 e. The van der Waals surface area contributed by atoms with E-state index in [1.807, 2.05) is 0 Å². The molecule has 0 fully saturated rings. The minimum absolute atomic E-state index is 1.13. The quantitative estimate of drug-likeness (QED) is 0.155. The van der Waals surface area contributed by atoms with Crippen LogP contribution in [0, 0.1) is 0 Å². The largest absolute Gasteiger partial charge is 0.311 e. The van der Waals surface area contributed by atoms with Gasteiger partial charge in [0.25, 0.3) is 0 Å². The third-order valence-corrected chi connectivity index (χ3v) is 9.87. The fourth-order valence-electron chi connectivity index (χ4n) is 7.27. The minimum Gasteiger partial charge on any atom is -0.311 e. The van der Waals surface area contributed by atoms with E-state index in [2.05, 4.69) is 217 Å². The Labute approximate surface area is 299 Å². The van der Waals surface area contributed by atoms with Crippen molar-refractivity contribution in [2.24, 2.45) is 0 Å². The van der Waals surface area contributed by atoms with Crippen molar-refractivity contribution in [1.29, 1.82) is 0 Å². The highest BCUT2D eigenvalue weighted by molar-refractivity contribution is 6.12. The van der Waals surface area contributed by atoms with Gasteiger partial charge >= 0.3 is 0 Å². The van der Waals surface area contributed by atoms with Crippen LogP contribution in [0.15, 0.2) is 212 Å². The lowest BCUT2D eigenvalue weighted by atomic mass is 9.91. The highest BCUT2D eigenvalue weighted by atomic mass is 15.1. The third-order valence-electron chi connectivity index (χ3n) is 9.87. The summed E-state index contributed by atoms with van der Waals surface area (Å²) in [5, 5.41) is 5.11. The molecule has 0 saturated heterocycles. The summed E-state index contributed by atoms with van der Waals surface area (Å²) in [7, 11) is 0. The van der Waals surface area contributed by atoms with E-state index in [0.717, 1.165) is 17.1 Å². The molecule has 0 amide bonds. The predicted octanol–water partition coefficient (Wildman–Crippen LogP) is 14.1. The maximum atomic E-state index is 2.29. The molecule has 0 N–H and O–H groups in total. The molecule has 0 bridgehead atoms. The van der Waals surface area contributed by atoms with Crippen LogP contribution in [0.25, 0.3) is 66.1 Å². The number of nitrogens with zero attached hydrogens (tertiary/aromatic N) is 1. The van der Waals surface area contributed by atoms with E-state index in [0.29, 0.717) is 0 Å². The van der Waals surface area contributed by atoms with Crippen LogP contribution >= 0.6 is 0 Å². The Morgan fingerprint density at radius 1 is 0.235 bits per heavy atom. The normalized spacial score (nSPS) is 11.1. The minimum atomic E-state index is 1.13. The lowest BCUT2D eigenvalue weighted by Crippen LogP contribution is -2.09. The predicted molar refractivity (Wildman–Crippen MR) is 218 cm³/mol. The molecule has 0 radical (unpaired) electrons. The van der Waals surface area contributed by atoms with Crippen molar-refractivity contribution in [3.8, 4) is 44.5 Å². The molecular weight excluding hydrogens is 615 g/mol. The smallest absolute Gasteiger partial charge is 0.0462 e. The van der Waals surface area contributed by atoms with Crippen molar-refractivity contribution in [1.82, 2.24) is 0 Å². The zero-order valence-corrected chi connectivity index (χ0v) is 28.2. The highest BCUT2D eigenvalue weighted by Crippen LogP contribution is 2.38. The number of benzene rings is 9. The highest BCUT2D eigenvalue weighted by Gasteiger charge is 2.13. The Morgan fingerprint density at radius 3 is 0.922 bits per heavy atom. The Balaban J connectivity index is 0.939. The maximum absolute atomic E-state index is 2.29. The Bertz CT molecular complexity index is 2480. The van der Waals surface area contributed by atoms with Crippen LogP contribution in [0.3, 0.4) is 0 Å². The monoisotopic (exact) mass is 649 g/mol. The summed E-state index contributed by atoms with van der Waals surface area (Å²) in [6, 6.07) is 76.4. The first-order chi connectivity index (χ1) is 25.3. The number of anilines is 3. The van der Waals surface area contributed by atoms with E-state index in [1.165, 1.54) is 66.1 Å². The second kappa shape index (κ2) is 13.3. The SMILES string of the molecule is c1ccc(N(c2ccccc2)c2ccc(-c3ccc(-c4ccc(-c5ccc(-c6c7ccccc7cc7ccccc67)cc5)cc4)cc3)cc2)cc1. The molecule has 0 aliphatic heterocycles. The molecule has 0 atom stereocenters. The number of hydrogen-bond acceptors (Lipinski definition) is 1. The van der Waals surface area contributed by atoms with Gasteiger partial charge in [-0.3, -0.25) is 0 Å². The first-order valence-corrected chi connectivity index (χ1v) is 17.5. The van der Waals surface area contributed by atoms with Gasteiger partial charge in [0.2, 0.25) is 0 Å². The summed E-state index contributed by atoms with van der Waals surface area (Å²) in [5.74, 6) is 0. The molecule has 240 valence electrons. The zero-order valence-electron chi connectivity index (χ0n) is 28.2. The Morgan fingerprint density at radius 2 is 0.529 bits per heavy atom. The molecule has 0 heterocycles. The van der Waals surface area contributed by atoms with Crippen LogP contribution in [0.4, 0.5) is 17.1 Å². The molecule has 0 aromatic heterocycles. The molecule has 0 spiro atoms. The van der Waals surface area contributed by atoms with Gasteiger partial charge in [-0.25, -0.2) is 0 Å². The van der Waals surface area contributed by atoms with Crippen LogP contribution in [0.5, 0.6) is 0 Å². The molecule has 0 saturated carbocycles. The summed E-state index contributed by atoms with van der Waals surface area (Å²) >= 11 is 0. The van der Waals surface area contributed by atoms with Gasteiger partial charge in [-0.05, 0) is 109 Å². The van der Waals surface area contributed by atoms with E-state index in [-0.39, 0.29) is 0 Å². The summed E-state index contributed by atoms with van der Waals surface area (Å²) in [6.45, 7) is 0. The van der Waals surface area contributed by atoms with Gasteiger partial charge in [-0.1, -0.05) is 170 Å². The molecule has 0 aliphatic carbocycles. The third kappa shape index (κ3) is 5.96. The second-order valence-corrected chi connectivity index (χ2v) is 13.0. The van der Waals surface area contributed by atoms with Gasteiger partial charge in [0.1, 0.15) is 0 Å². The Hall–Kier alpha value is -6.70. The fourth-order valence-corrected chi connectivity index (χ4v) is 7.27. The zero-order chi connectivity index (χ0) is 34.0. The van der Waals surface area contributed by atoms with Crippen LogP contribution in [0.2, 0.25) is 0 Å². The second-order valence-electron chi connectivity index (χ2n) is 13.0. The van der Waals surface area contributed by atoms with Gasteiger partial charge in [-0.15, -0.1) is 0 Å². The van der Waals surface area contributed by atoms with Crippen molar-refractivity contribution in [3.63, 3.8) is 0 Å². The van der Waals surface area contributed by atoms with E-state index in [4.69, 9.17) is 0 Å². The number of rotatable bonds is 7. The Kier molecular flexibility index (Phi) is 7.92. The molecule has 9 aromatic carbocycles. The van der Waals surface area contributed by atoms with Gasteiger partial charge in [0, 0.05) is 17.1 Å². The lowest BCUT2D eigenvalue weighted by Gasteiger charge is -2.25. The first-order valence-electron chi connectivity index (χ1n) is 17.5. The number of para-hydroxylation sites is 2. The van der Waals surface area contributed by atoms with E-state index < -0.39 is 0 Å². The van der Waals surface area contributed by atoms with Gasteiger partial charge < -0.3 is 4.90 Å². The van der Waals surface area contributed by atoms with Crippen molar-refractivity contribution in [3.05, 3.63) is 212 Å². The van der Waals surface area contributed by atoms with Crippen molar-refractivity contribution >= 4 is 38.6 Å². The first kappa shape index (κ1) is 30.4. The summed E-state index contributed by atoms with van der Waals surface area (Å²) < 4.78 is 0. The van der Waals surface area contributed by atoms with Crippen LogP contribution in [0.1, 0.15) is 0 Å². The molecule has 0 aliphatic rings. The average Bonchev–Trinajstić information content (AvgIpc) is 3.21. The van der Waals surface area contributed by atoms with Crippen molar-refractivity contribution in [2.75, 3.05) is 4.90 Å². The molecule has 9 aromatic rings. The average molecular weight is 650 g/mol. The fraction of sp³-hybridized carbons (Fsp3) is 0. The van der Waals surface area contributed by atoms with Gasteiger partial charge in [0.15, 0.2) is 0 Å². The lowest BCUT2D eigenvalue weighted by molar-refractivity contribution is 1.28. The van der Waals surface area contributed by atoms with Crippen molar-refractivity contribution in [2.45, 2.75) is 0 Å². The van der Waals surface area contributed by atoms with Gasteiger partial charge in [0.05, 0.1) is 0 Å². The van der Waals surface area contributed by atoms with Crippen LogP contribution in [-0.4, -0.2) is 0 Å². The number of hydrogen-bond donors (Lipinski definition) is 0. The molecule has 1 nitrogen and oxygen atoms in total. The van der Waals surface area contributed by atoms with Crippen LogP contribution in [-0.2, 0) is 0 Å². The van der Waals surface area contributed by atoms with E-state index in [1.54, 1.807) is 0 Å². The molecule has 51 heavy (non-hydrogen) atoms. The van der Waals surface area contributed by atoms with Crippen molar-refractivity contribution < 1.29 is 0 Å². The molecule has 1 heteroatoms. The van der Waals surface area contributed by atoms with E-state index in [9.17, 15) is 0 Å². The van der Waals surface area contributed by atoms with Gasteiger partial charge in [-0.2, -0.15) is 0 Å². The standard InChI is InChI=1S/C50H35N/c1-3-13-45(14-4-1)51(46-15-5-2-6-16-46)47-33-31-41(32-34-47)39-25-23-37(24-26-39)36-19-21-38(22-20-36)40-27-29-42(30-28-40)50-48-17-9-7-11-43(48)35-44-12-8-10-18-49(44)50/h1-35H. The summed E-state index contributed by atoms with van der Waals surface area (Å²) in [4.78, 5) is 2.29. The summed E-state index contributed by atoms with van der Waals surface area (Å²) in [5.41, 5.74) is 13.2. The summed E-state index contributed by atoms with van der Waals surface area (Å²) in [6.07, 6.45) is 0. The molecule has 0 unspecified atom stereocenters. The molecular formula is C50H35N. The number of fused-ring (bicyclic) bond motifs is 2. The van der Waals surface area contributed by atoms with Crippen LogP contribution < -0.4 is 4.90 Å².